The molecule has 3 N–H and O–H groups in total. The second kappa shape index (κ2) is 9.62. The lowest BCUT2D eigenvalue weighted by molar-refractivity contribution is 0.791. The summed E-state index contributed by atoms with van der Waals surface area (Å²) in [5, 5.41) is 11.0. The van der Waals surface area contributed by atoms with Crippen LogP contribution in [0.3, 0.4) is 0 Å². The third kappa shape index (κ3) is 4.42. The maximum absolute atomic E-state index is 4.93. The van der Waals surface area contributed by atoms with Crippen LogP contribution in [0.2, 0.25) is 0 Å². The number of fused-ring (bicyclic) bond motifs is 2. The zero-order chi connectivity index (χ0) is 25.2. The zero-order valence-corrected chi connectivity index (χ0v) is 20.4. The Hall–Kier alpha value is -4.92. The monoisotopic (exact) mass is 487 g/mol. The summed E-state index contributed by atoms with van der Waals surface area (Å²) in [5.41, 5.74) is 8.96. The predicted molar refractivity (Wildman–Crippen MR) is 146 cm³/mol. The lowest BCUT2D eigenvalue weighted by Gasteiger charge is -2.10. The van der Waals surface area contributed by atoms with Crippen molar-refractivity contribution in [1.29, 1.82) is 0 Å². The summed E-state index contributed by atoms with van der Waals surface area (Å²) in [4.78, 5) is 26.4. The number of hydrogen-bond acceptors (Lipinski definition) is 7. The molecule has 0 amide bonds. The van der Waals surface area contributed by atoms with Gasteiger partial charge in [0.2, 0.25) is 0 Å². The molecule has 6 heterocycles. The van der Waals surface area contributed by atoms with Crippen molar-refractivity contribution in [3.63, 3.8) is 0 Å². The summed E-state index contributed by atoms with van der Waals surface area (Å²) >= 11 is 0. The number of rotatable bonds is 8. The van der Waals surface area contributed by atoms with E-state index in [1.807, 2.05) is 36.4 Å². The molecule has 0 aliphatic carbocycles. The van der Waals surface area contributed by atoms with Crippen LogP contribution in [0.5, 0.6) is 0 Å². The molecule has 0 aliphatic rings. The van der Waals surface area contributed by atoms with Crippen molar-refractivity contribution in [2.45, 2.75) is 26.2 Å². The highest BCUT2D eigenvalue weighted by Gasteiger charge is 2.17. The minimum absolute atomic E-state index is 0.608. The molecule has 0 saturated carbocycles. The summed E-state index contributed by atoms with van der Waals surface area (Å²) in [7, 11) is 0. The number of pyridine rings is 4. The SMILES string of the molecule is C=C(CCCC)Nc1cncc(-c2ccc3[nH]nc(-c4nc5c(-c6ccccn6)cncc5[nH]4)c3n2)c1. The molecule has 6 aromatic rings. The first-order valence-corrected chi connectivity index (χ1v) is 12.2. The normalized spacial score (nSPS) is 11.3. The van der Waals surface area contributed by atoms with Crippen LogP contribution in [-0.4, -0.2) is 40.1 Å². The maximum Gasteiger partial charge on any atom is 0.161 e. The van der Waals surface area contributed by atoms with Crippen molar-refractivity contribution in [1.82, 2.24) is 40.1 Å². The maximum atomic E-state index is 4.93. The summed E-state index contributed by atoms with van der Waals surface area (Å²) in [6.07, 6.45) is 12.0. The molecule has 182 valence electrons. The summed E-state index contributed by atoms with van der Waals surface area (Å²) in [6, 6.07) is 11.7. The van der Waals surface area contributed by atoms with Gasteiger partial charge in [0.1, 0.15) is 11.0 Å². The van der Waals surface area contributed by atoms with Gasteiger partial charge in [-0.25, -0.2) is 9.97 Å². The molecule has 0 atom stereocenters. The van der Waals surface area contributed by atoms with Crippen LogP contribution in [0.4, 0.5) is 5.69 Å². The Morgan fingerprint density at radius 2 is 1.86 bits per heavy atom. The largest absolute Gasteiger partial charge is 0.358 e. The number of allylic oxidation sites excluding steroid dienone is 1. The van der Waals surface area contributed by atoms with Crippen molar-refractivity contribution in [2.24, 2.45) is 0 Å². The first-order valence-electron chi connectivity index (χ1n) is 12.2. The smallest absolute Gasteiger partial charge is 0.161 e. The first-order chi connectivity index (χ1) is 18.2. The van der Waals surface area contributed by atoms with E-state index in [-0.39, 0.29) is 0 Å². The predicted octanol–water partition coefficient (Wildman–Crippen LogP) is 6.14. The van der Waals surface area contributed by atoms with Gasteiger partial charge < -0.3 is 10.3 Å². The quantitative estimate of drug-likeness (QED) is 0.236. The number of imidazole rings is 1. The van der Waals surface area contributed by atoms with Crippen molar-refractivity contribution in [3.8, 4) is 34.0 Å². The van der Waals surface area contributed by atoms with E-state index in [2.05, 4.69) is 49.0 Å². The van der Waals surface area contributed by atoms with Crippen molar-refractivity contribution >= 4 is 27.8 Å². The highest BCUT2D eigenvalue weighted by molar-refractivity contribution is 5.95. The van der Waals surface area contributed by atoms with Gasteiger partial charge >= 0.3 is 0 Å². The molecular weight excluding hydrogens is 462 g/mol. The minimum atomic E-state index is 0.608. The van der Waals surface area contributed by atoms with Gasteiger partial charge in [-0.1, -0.05) is 26.0 Å². The second-order valence-electron chi connectivity index (χ2n) is 8.84. The van der Waals surface area contributed by atoms with Gasteiger partial charge in [-0.2, -0.15) is 5.10 Å². The molecule has 0 saturated heterocycles. The third-order valence-corrected chi connectivity index (χ3v) is 6.15. The van der Waals surface area contributed by atoms with E-state index >= 15 is 0 Å². The summed E-state index contributed by atoms with van der Waals surface area (Å²) in [5.74, 6) is 0.608. The minimum Gasteiger partial charge on any atom is -0.358 e. The number of nitrogens with one attached hydrogen (secondary N) is 3. The van der Waals surface area contributed by atoms with Crippen molar-refractivity contribution in [3.05, 3.63) is 79.7 Å². The van der Waals surface area contributed by atoms with Crippen LogP contribution in [0.1, 0.15) is 26.2 Å². The molecule has 37 heavy (non-hydrogen) atoms. The Balaban J connectivity index is 1.37. The Labute approximate surface area is 213 Å². The van der Waals surface area contributed by atoms with Gasteiger partial charge in [-0.3, -0.25) is 20.1 Å². The molecule has 0 unspecified atom stereocenters. The van der Waals surface area contributed by atoms with Crippen LogP contribution in [0.15, 0.2) is 79.7 Å². The average molecular weight is 488 g/mol. The molecule has 0 bridgehead atoms. The average Bonchev–Trinajstić information content (AvgIpc) is 3.56. The number of aromatic nitrogens is 8. The number of nitrogens with zero attached hydrogens (tertiary/aromatic N) is 6. The Morgan fingerprint density at radius 3 is 2.73 bits per heavy atom. The molecule has 6 aromatic heterocycles. The van der Waals surface area contributed by atoms with Gasteiger partial charge in [-0.05, 0) is 43.2 Å². The number of unbranched alkanes of at least 4 members (excludes halogenated alkanes) is 1. The van der Waals surface area contributed by atoms with Crippen LogP contribution in [0.25, 0.3) is 56.1 Å². The highest BCUT2D eigenvalue weighted by Crippen LogP contribution is 2.31. The lowest BCUT2D eigenvalue weighted by Crippen LogP contribution is -1.99. The second-order valence-corrected chi connectivity index (χ2v) is 8.84. The Morgan fingerprint density at radius 1 is 0.946 bits per heavy atom. The molecule has 0 fully saturated rings. The summed E-state index contributed by atoms with van der Waals surface area (Å²) in [6.45, 7) is 6.30. The van der Waals surface area contributed by atoms with Gasteiger partial charge in [0.15, 0.2) is 11.5 Å². The zero-order valence-electron chi connectivity index (χ0n) is 20.4. The number of H-pyrrole nitrogens is 2. The lowest BCUT2D eigenvalue weighted by atomic mass is 10.1. The molecule has 6 rings (SSSR count). The number of hydrogen-bond donors (Lipinski definition) is 3. The van der Waals surface area contributed by atoms with Crippen molar-refractivity contribution < 1.29 is 0 Å². The molecule has 0 spiro atoms. The molecule has 9 heteroatoms. The van der Waals surface area contributed by atoms with Gasteiger partial charge in [0, 0.05) is 35.4 Å². The molecular formula is C28H25N9. The number of aromatic amines is 2. The fourth-order valence-corrected chi connectivity index (χ4v) is 4.28. The first kappa shape index (κ1) is 22.5. The van der Waals surface area contributed by atoms with Crippen LogP contribution in [0, 0.1) is 0 Å². The van der Waals surface area contributed by atoms with Crippen LogP contribution >= 0.6 is 0 Å². The van der Waals surface area contributed by atoms with E-state index in [1.165, 1.54) is 0 Å². The highest BCUT2D eigenvalue weighted by atomic mass is 15.2. The standard InChI is InChI=1S/C28H25N9/c1-3-4-7-17(2)32-19-12-18(13-29-14-19)21-9-10-23-26(33-21)27(37-36-23)28-34-24-16-30-15-20(25(24)35-28)22-8-5-6-11-31-22/h5-6,8-16,32H,2-4,7H2,1H3,(H,34,35)(H,36,37). The Kier molecular flexibility index (Phi) is 5.86. The Bertz CT molecular complexity index is 1720. The molecule has 0 aromatic carbocycles. The van der Waals surface area contributed by atoms with E-state index in [9.17, 15) is 0 Å². The molecule has 9 nitrogen and oxygen atoms in total. The fraction of sp³-hybridized carbons (Fsp3) is 0.143. The van der Waals surface area contributed by atoms with Gasteiger partial charge in [-0.15, -0.1) is 0 Å². The van der Waals surface area contributed by atoms with E-state index in [1.54, 1.807) is 31.0 Å². The van der Waals surface area contributed by atoms with Gasteiger partial charge in [0.25, 0.3) is 0 Å². The van der Waals surface area contributed by atoms with Crippen LogP contribution in [-0.2, 0) is 0 Å². The van der Waals surface area contributed by atoms with Crippen LogP contribution < -0.4 is 5.32 Å². The van der Waals surface area contributed by atoms with E-state index < -0.39 is 0 Å². The summed E-state index contributed by atoms with van der Waals surface area (Å²) < 4.78 is 0. The third-order valence-electron chi connectivity index (χ3n) is 6.15. The van der Waals surface area contributed by atoms with E-state index in [0.717, 1.165) is 75.2 Å². The molecule has 0 radical (unpaired) electrons. The van der Waals surface area contributed by atoms with E-state index in [0.29, 0.717) is 11.5 Å². The molecule has 0 aliphatic heterocycles. The topological polar surface area (TPSA) is 121 Å². The van der Waals surface area contributed by atoms with Crippen molar-refractivity contribution in [2.75, 3.05) is 5.32 Å². The number of anilines is 1. The fourth-order valence-electron chi connectivity index (χ4n) is 4.28. The van der Waals surface area contributed by atoms with E-state index in [4.69, 9.17) is 9.97 Å². The van der Waals surface area contributed by atoms with Gasteiger partial charge in [0.05, 0.1) is 40.5 Å².